The van der Waals surface area contributed by atoms with Crippen LogP contribution in [0.5, 0.6) is 0 Å². The Morgan fingerprint density at radius 3 is 2.55 bits per heavy atom. The minimum Gasteiger partial charge on any atom is -0.355 e. The summed E-state index contributed by atoms with van der Waals surface area (Å²) in [6.45, 7) is 10.2. The quantitative estimate of drug-likeness (QED) is 0.578. The number of hydrogen-bond acceptors (Lipinski definition) is 5. The van der Waals surface area contributed by atoms with Gasteiger partial charge in [0.05, 0.1) is 23.6 Å². The average Bonchev–Trinajstić information content (AvgIpc) is 3.01. The van der Waals surface area contributed by atoms with Crippen molar-refractivity contribution in [3.63, 3.8) is 0 Å². The van der Waals surface area contributed by atoms with Crippen LogP contribution in [0.4, 0.5) is 17.1 Å². The van der Waals surface area contributed by atoms with Crippen molar-refractivity contribution in [1.29, 1.82) is 0 Å². The molecule has 1 fully saturated rings. The summed E-state index contributed by atoms with van der Waals surface area (Å²) in [6.07, 6.45) is 2.14. The van der Waals surface area contributed by atoms with Gasteiger partial charge in [-0.1, -0.05) is 17.7 Å². The maximum absolute atomic E-state index is 12.8. The number of piperidine rings is 1. The number of carbonyl (C=O) groups excluding carboxylic acids is 1. The lowest BCUT2D eigenvalue weighted by Gasteiger charge is -2.32. The van der Waals surface area contributed by atoms with Crippen LogP contribution in [-0.4, -0.2) is 45.2 Å². The zero-order valence-electron chi connectivity index (χ0n) is 20.3. The van der Waals surface area contributed by atoms with Crippen molar-refractivity contribution in [3.05, 3.63) is 64.7 Å². The van der Waals surface area contributed by atoms with E-state index in [-0.39, 0.29) is 5.91 Å². The Bertz CT molecular complexity index is 1130. The highest BCUT2D eigenvalue weighted by Crippen LogP contribution is 2.29. The lowest BCUT2D eigenvalue weighted by atomic mass is 9.93. The van der Waals surface area contributed by atoms with Crippen molar-refractivity contribution in [3.8, 4) is 0 Å². The van der Waals surface area contributed by atoms with Gasteiger partial charge in [-0.3, -0.25) is 19.4 Å². The zero-order valence-corrected chi connectivity index (χ0v) is 20.3. The lowest BCUT2D eigenvalue weighted by Crippen LogP contribution is -2.40. The van der Waals surface area contributed by atoms with Gasteiger partial charge in [0.15, 0.2) is 0 Å². The summed E-state index contributed by atoms with van der Waals surface area (Å²) in [5, 5.41) is 11.0. The van der Waals surface area contributed by atoms with E-state index in [2.05, 4.69) is 64.0 Å². The van der Waals surface area contributed by atoms with Crippen molar-refractivity contribution < 1.29 is 4.79 Å². The van der Waals surface area contributed by atoms with Crippen molar-refractivity contribution in [2.24, 2.45) is 7.05 Å². The van der Waals surface area contributed by atoms with Crippen molar-refractivity contribution in [2.45, 2.75) is 46.5 Å². The molecule has 0 bridgehead atoms. The summed E-state index contributed by atoms with van der Waals surface area (Å²) >= 11 is 0. The van der Waals surface area contributed by atoms with Crippen LogP contribution in [0.25, 0.3) is 0 Å². The molecule has 1 amide bonds. The number of nitrogens with zero attached hydrogens (tertiary/aromatic N) is 4. The maximum Gasteiger partial charge on any atom is 0.238 e. The van der Waals surface area contributed by atoms with Crippen molar-refractivity contribution in [1.82, 2.24) is 19.7 Å². The molecule has 2 N–H and O–H groups in total. The van der Waals surface area contributed by atoms with E-state index in [1.165, 1.54) is 5.56 Å². The lowest BCUT2D eigenvalue weighted by molar-refractivity contribution is -0.117. The Kier molecular flexibility index (Phi) is 6.79. The van der Waals surface area contributed by atoms with Gasteiger partial charge >= 0.3 is 0 Å². The van der Waals surface area contributed by atoms with Gasteiger partial charge in [-0.25, -0.2) is 0 Å². The van der Waals surface area contributed by atoms with Crippen molar-refractivity contribution in [2.75, 3.05) is 30.3 Å². The summed E-state index contributed by atoms with van der Waals surface area (Å²) in [6, 6.07) is 12.6. The van der Waals surface area contributed by atoms with Gasteiger partial charge in [-0.05, 0) is 71.3 Å². The Balaban J connectivity index is 1.42. The fraction of sp³-hybridized carbons (Fsp3) is 0.423. The Morgan fingerprint density at radius 2 is 1.85 bits per heavy atom. The molecule has 1 atom stereocenters. The Hall–Kier alpha value is -3.19. The highest BCUT2D eigenvalue weighted by molar-refractivity contribution is 5.93. The first-order valence-corrected chi connectivity index (χ1v) is 11.6. The summed E-state index contributed by atoms with van der Waals surface area (Å²) in [7, 11) is 1.89. The topological polar surface area (TPSA) is 75.1 Å². The third-order valence-corrected chi connectivity index (χ3v) is 6.38. The van der Waals surface area contributed by atoms with Gasteiger partial charge < -0.3 is 10.6 Å². The molecule has 0 saturated carbocycles. The van der Waals surface area contributed by atoms with Crippen LogP contribution in [0.1, 0.15) is 47.1 Å². The third kappa shape index (κ3) is 5.60. The summed E-state index contributed by atoms with van der Waals surface area (Å²) in [5.74, 6) is 0.320. The number of benzene rings is 1. The molecule has 3 heterocycles. The molecule has 0 radical (unpaired) electrons. The maximum atomic E-state index is 12.8. The second kappa shape index (κ2) is 9.75. The summed E-state index contributed by atoms with van der Waals surface area (Å²) < 4.78 is 1.80. The highest BCUT2D eigenvalue weighted by Gasteiger charge is 2.25. The van der Waals surface area contributed by atoms with Crippen LogP contribution in [0.15, 0.2) is 36.4 Å². The number of amides is 1. The standard InChI is InChI=1S/C26H34N6O/c1-17-8-10-22(11-9-17)28-23-13-18(2)27-24(14-23)21-7-6-12-32(15-21)16-25(33)29-26-19(3)30-31(5)20(26)4/h8-11,13-14,21H,6-7,12,15-16H2,1-5H3,(H,27,28)(H,29,33)/t21-/m1/s1. The molecule has 2 aromatic heterocycles. The molecular weight excluding hydrogens is 412 g/mol. The minimum absolute atomic E-state index is 0.00813. The molecule has 0 aliphatic carbocycles. The van der Waals surface area contributed by atoms with Crippen LogP contribution < -0.4 is 10.6 Å². The molecular formula is C26H34N6O. The predicted octanol–water partition coefficient (Wildman–Crippen LogP) is 4.61. The van der Waals surface area contributed by atoms with E-state index >= 15 is 0 Å². The smallest absolute Gasteiger partial charge is 0.238 e. The molecule has 4 rings (SSSR count). The van der Waals surface area contributed by atoms with E-state index in [9.17, 15) is 4.79 Å². The van der Waals surface area contributed by atoms with Gasteiger partial charge in [-0.15, -0.1) is 0 Å². The Labute approximate surface area is 196 Å². The number of carbonyl (C=O) groups is 1. The van der Waals surface area contributed by atoms with Gasteiger partial charge in [0.25, 0.3) is 0 Å². The number of likely N-dealkylation sites (tertiary alicyclic amines) is 1. The molecule has 33 heavy (non-hydrogen) atoms. The van der Waals surface area contributed by atoms with Crippen LogP contribution in [0.3, 0.4) is 0 Å². The third-order valence-electron chi connectivity index (χ3n) is 6.38. The molecule has 1 saturated heterocycles. The van der Waals surface area contributed by atoms with Gasteiger partial charge in [0.1, 0.15) is 0 Å². The molecule has 174 valence electrons. The minimum atomic E-state index is 0.00813. The zero-order chi connectivity index (χ0) is 23.5. The van der Waals surface area contributed by atoms with Gasteiger partial charge in [-0.2, -0.15) is 5.10 Å². The fourth-order valence-corrected chi connectivity index (χ4v) is 4.56. The van der Waals surface area contributed by atoms with E-state index in [1.54, 1.807) is 4.68 Å². The van der Waals surface area contributed by atoms with Crippen LogP contribution in [0, 0.1) is 27.7 Å². The van der Waals surface area contributed by atoms with E-state index in [0.29, 0.717) is 12.5 Å². The second-order valence-corrected chi connectivity index (χ2v) is 9.20. The predicted molar refractivity (Wildman–Crippen MR) is 133 cm³/mol. The van der Waals surface area contributed by atoms with E-state index in [1.807, 2.05) is 27.8 Å². The number of aromatic nitrogens is 3. The number of pyridine rings is 1. The molecule has 1 aliphatic heterocycles. The largest absolute Gasteiger partial charge is 0.355 e. The normalized spacial score (nSPS) is 16.6. The first-order valence-electron chi connectivity index (χ1n) is 11.6. The molecule has 7 nitrogen and oxygen atoms in total. The van der Waals surface area contributed by atoms with Crippen LogP contribution in [-0.2, 0) is 11.8 Å². The Morgan fingerprint density at radius 1 is 1.09 bits per heavy atom. The fourth-order valence-electron chi connectivity index (χ4n) is 4.56. The molecule has 3 aromatic rings. The van der Waals surface area contributed by atoms with Crippen LogP contribution >= 0.6 is 0 Å². The SMILES string of the molecule is Cc1ccc(Nc2cc(C)nc([C@@H]3CCCN(CC(=O)Nc4c(C)nn(C)c4C)C3)c2)cc1. The van der Waals surface area contributed by atoms with Crippen molar-refractivity contribution >= 4 is 23.0 Å². The first kappa shape index (κ1) is 23.0. The summed E-state index contributed by atoms with van der Waals surface area (Å²) in [5.41, 5.74) is 8.09. The van der Waals surface area contributed by atoms with E-state index in [0.717, 1.165) is 65.8 Å². The molecule has 0 spiro atoms. The average molecular weight is 447 g/mol. The van der Waals surface area contributed by atoms with Gasteiger partial charge in [0.2, 0.25) is 5.91 Å². The number of hydrogen-bond donors (Lipinski definition) is 2. The second-order valence-electron chi connectivity index (χ2n) is 9.20. The highest BCUT2D eigenvalue weighted by atomic mass is 16.2. The molecule has 7 heteroatoms. The molecule has 1 aromatic carbocycles. The number of anilines is 3. The van der Waals surface area contributed by atoms with E-state index in [4.69, 9.17) is 4.98 Å². The number of nitrogens with one attached hydrogen (secondary N) is 2. The number of aryl methyl sites for hydroxylation is 4. The monoisotopic (exact) mass is 446 g/mol. The summed E-state index contributed by atoms with van der Waals surface area (Å²) in [4.78, 5) is 19.8. The number of rotatable bonds is 6. The first-order chi connectivity index (χ1) is 15.8. The van der Waals surface area contributed by atoms with E-state index < -0.39 is 0 Å². The van der Waals surface area contributed by atoms with Gasteiger partial charge in [0, 0.05) is 42.3 Å². The molecule has 0 unspecified atom stereocenters. The molecule has 1 aliphatic rings. The van der Waals surface area contributed by atoms with Crippen LogP contribution in [0.2, 0.25) is 0 Å².